The molecule has 4 aromatic heterocycles. The summed E-state index contributed by atoms with van der Waals surface area (Å²) in [6, 6.07) is 0. The Labute approximate surface area is 148 Å². The zero-order valence-corrected chi connectivity index (χ0v) is 18.0. The Bertz CT molecular complexity index is 888. The number of nitrogens with one attached hydrogen (secondary N) is 4. The number of H-pyrrole nitrogens is 4. The molecule has 11 heteroatoms. The third kappa shape index (κ3) is 3.39. The maximum Gasteiger partial charge on any atom is 0.323 e. The molecular weight excluding hydrogens is 497 g/mol. The van der Waals surface area contributed by atoms with Crippen LogP contribution in [0.3, 0.4) is 0 Å². The van der Waals surface area contributed by atoms with Gasteiger partial charge >= 0.3 is 9.28 Å². The van der Waals surface area contributed by atoms with Crippen molar-refractivity contribution < 1.29 is 27.7 Å². The van der Waals surface area contributed by atoms with E-state index in [0.717, 1.165) is 31.6 Å². The average Bonchev–Trinajstić information content (AvgIpc) is 3.08. The van der Waals surface area contributed by atoms with Crippen LogP contribution < -0.4 is 0 Å². The van der Waals surface area contributed by atoms with Gasteiger partial charge in [-0.05, 0) is 0 Å². The van der Waals surface area contributed by atoms with E-state index in [0.29, 0.717) is 0 Å². The van der Waals surface area contributed by atoms with Gasteiger partial charge in [-0.2, -0.15) is 0 Å². The Balaban J connectivity index is 0.000000147. The molecule has 0 unspecified atom stereocenters. The minimum absolute atomic E-state index is 0. The van der Waals surface area contributed by atoms with Crippen LogP contribution in [0.25, 0.3) is 22.3 Å². The Kier molecular flexibility index (Phi) is 5.25. The number of aromatic nitrogens is 8. The minimum atomic E-state index is 0. The van der Waals surface area contributed by atoms with Gasteiger partial charge in [0.05, 0.1) is 25.3 Å². The van der Waals surface area contributed by atoms with Gasteiger partial charge in [0.15, 0.2) is 46.8 Å². The summed E-state index contributed by atoms with van der Waals surface area (Å²) in [6.45, 7) is 0. The Morgan fingerprint density at radius 2 is 1.00 bits per heavy atom. The van der Waals surface area contributed by atoms with Crippen LogP contribution in [-0.4, -0.2) is 39.9 Å². The first-order chi connectivity index (χ1) is 9.75. The number of hydrogen-bond donors (Lipinski definition) is 4. The van der Waals surface area contributed by atoms with E-state index in [9.17, 15) is 0 Å². The second-order valence-corrected chi connectivity index (χ2v) is 4.60. The van der Waals surface area contributed by atoms with Gasteiger partial charge in [-0.25, -0.2) is 19.9 Å². The summed E-state index contributed by atoms with van der Waals surface area (Å²) in [5.41, 5.74) is 3.05. The van der Waals surface area contributed by atoms with Crippen molar-refractivity contribution in [1.82, 2.24) is 39.9 Å². The molecule has 0 atom stereocenters. The number of fused-ring (bicyclic) bond motifs is 2. The van der Waals surface area contributed by atoms with Gasteiger partial charge in [-0.3, -0.25) is 9.97 Å². The molecule has 4 aromatic rings. The average molecular weight is 507 g/mol. The van der Waals surface area contributed by atoms with Gasteiger partial charge < -0.3 is 9.97 Å². The first kappa shape index (κ1) is 15.9. The summed E-state index contributed by atoms with van der Waals surface area (Å²) < 4.78 is 1.46. The van der Waals surface area contributed by atoms with E-state index in [-0.39, 0.29) is 27.7 Å². The molecule has 0 aliphatic rings. The number of nitrogens with zero attached hydrogens (tertiary/aromatic N) is 4. The van der Waals surface area contributed by atoms with Crippen molar-refractivity contribution in [2.45, 2.75) is 0 Å². The van der Waals surface area contributed by atoms with E-state index in [1.807, 2.05) is 0 Å². The molecule has 0 fully saturated rings. The molecule has 0 saturated heterocycles. The fourth-order valence-electron chi connectivity index (χ4n) is 1.57. The maximum absolute atomic E-state index is 4.14. The molecule has 4 N–H and O–H groups in total. The van der Waals surface area contributed by atoms with Crippen LogP contribution in [0.5, 0.6) is 0 Å². The van der Waals surface area contributed by atoms with Gasteiger partial charge in [0, 0.05) is 27.7 Å². The van der Waals surface area contributed by atoms with Crippen molar-refractivity contribution in [3.8, 4) is 0 Å². The standard InChI is InChI=1S/2C5H4N4S.Hg/c2*10-5-3-4(7-1-6-3)8-2-9-5;/h2*1-2H,(H2,6,7,8,9,10);/p+2. The zero-order chi connectivity index (χ0) is 13.9. The molecule has 0 aliphatic carbocycles. The third-order valence-electron chi connectivity index (χ3n) is 2.48. The minimum Gasteiger partial charge on any atom is -0.329 e. The van der Waals surface area contributed by atoms with Crippen molar-refractivity contribution >= 4 is 46.8 Å². The van der Waals surface area contributed by atoms with Gasteiger partial charge in [-0.15, -0.1) is 0 Å². The van der Waals surface area contributed by atoms with Gasteiger partial charge in [0.2, 0.25) is 0 Å². The number of aromatic amines is 4. The predicted octanol–water partition coefficient (Wildman–Crippen LogP) is 0.192. The van der Waals surface area contributed by atoms with Crippen LogP contribution in [0.4, 0.5) is 0 Å². The molecule has 0 amide bonds. The maximum atomic E-state index is 4.14. The molecule has 4 heterocycles. The zero-order valence-electron chi connectivity index (χ0n) is 10.7. The molecule has 0 radical (unpaired) electrons. The van der Waals surface area contributed by atoms with E-state index in [2.05, 4.69) is 64.3 Å². The summed E-state index contributed by atoms with van der Waals surface area (Å²) >= 11 is 8.28. The molecule has 4 rings (SSSR count). The number of thiol groups is 2. The van der Waals surface area contributed by atoms with Crippen molar-refractivity contribution in [2.24, 2.45) is 0 Å². The molecule has 0 spiro atoms. The van der Waals surface area contributed by atoms with Crippen molar-refractivity contribution in [1.29, 1.82) is 0 Å². The van der Waals surface area contributed by atoms with Crippen LogP contribution in [0.1, 0.15) is 0 Å². The van der Waals surface area contributed by atoms with Gasteiger partial charge in [-0.1, -0.05) is 0 Å². The fraction of sp³-hybridized carbons (Fsp3) is 0. The summed E-state index contributed by atoms with van der Waals surface area (Å²) in [7, 11) is 0. The molecule has 0 bridgehead atoms. The smallest absolute Gasteiger partial charge is 0.323 e. The fourth-order valence-corrected chi connectivity index (χ4v) is 2.01. The molecule has 8 nitrogen and oxygen atoms in total. The monoisotopic (exact) mass is 508 g/mol. The van der Waals surface area contributed by atoms with E-state index in [1.165, 1.54) is 0 Å². The molecular formula is C10H10HgN8S2+2. The Morgan fingerprint density at radius 3 is 1.38 bits per heavy atom. The van der Waals surface area contributed by atoms with E-state index in [1.54, 1.807) is 25.3 Å². The molecule has 21 heavy (non-hydrogen) atoms. The largest absolute Gasteiger partial charge is 0.329 e. The van der Waals surface area contributed by atoms with Crippen LogP contribution in [0.15, 0.2) is 25.3 Å². The summed E-state index contributed by atoms with van der Waals surface area (Å²) in [5, 5.41) is 0. The van der Waals surface area contributed by atoms with Crippen LogP contribution >= 0.6 is 0 Å². The molecule has 0 aromatic carbocycles. The predicted molar refractivity (Wildman–Crippen MR) is 80.5 cm³/mol. The second kappa shape index (κ2) is 6.96. The number of imidazole rings is 2. The second-order valence-electron chi connectivity index (χ2n) is 3.70. The molecule has 0 aliphatic heterocycles. The van der Waals surface area contributed by atoms with Gasteiger partial charge in [0.1, 0.15) is 0 Å². The summed E-state index contributed by atoms with van der Waals surface area (Å²) in [5.74, 6) is 0. The van der Waals surface area contributed by atoms with E-state index in [4.69, 9.17) is 0 Å². The topological polar surface area (TPSA) is 115 Å². The number of hydrogen-bond acceptors (Lipinski definition) is 4. The van der Waals surface area contributed by atoms with Crippen molar-refractivity contribution in [3.05, 3.63) is 34.6 Å². The Hall–Kier alpha value is -1.52. The Morgan fingerprint density at radius 1 is 0.619 bits per heavy atom. The summed E-state index contributed by atoms with van der Waals surface area (Å²) in [6.07, 6.45) is 6.32. The van der Waals surface area contributed by atoms with Gasteiger partial charge in [0.25, 0.3) is 0 Å². The van der Waals surface area contributed by atoms with Crippen molar-refractivity contribution in [3.63, 3.8) is 0 Å². The van der Waals surface area contributed by atoms with E-state index < -0.39 is 0 Å². The van der Waals surface area contributed by atoms with Crippen LogP contribution in [0, 0.1) is 9.28 Å². The van der Waals surface area contributed by atoms with Crippen molar-refractivity contribution in [2.75, 3.05) is 0 Å². The first-order valence-electron chi connectivity index (χ1n) is 5.53. The third-order valence-corrected chi connectivity index (χ3v) is 3.16. The molecule has 102 valence electrons. The summed E-state index contributed by atoms with van der Waals surface area (Å²) in [4.78, 5) is 27.3. The first-order valence-corrected chi connectivity index (χ1v) is 6.42. The molecule has 0 saturated carbocycles. The SMILES string of the molecule is [Hg].[SH+]=c1[nH]cnc2[nH]cnc12.[SH+]=c1[nH]cnc2[nH]cnc12. The normalized spacial score (nSPS) is 9.90. The van der Waals surface area contributed by atoms with Crippen LogP contribution in [-0.2, 0) is 52.1 Å². The quantitative estimate of drug-likeness (QED) is 0.118. The number of rotatable bonds is 0. The van der Waals surface area contributed by atoms with Crippen LogP contribution in [0.2, 0.25) is 0 Å². The van der Waals surface area contributed by atoms with E-state index >= 15 is 0 Å².